The van der Waals surface area contributed by atoms with Crippen LogP contribution in [0.1, 0.15) is 78.1 Å². The van der Waals surface area contributed by atoms with Crippen molar-refractivity contribution in [2.45, 2.75) is 116 Å². The van der Waals surface area contributed by atoms with Gasteiger partial charge in [0.2, 0.25) is 0 Å². The van der Waals surface area contributed by atoms with E-state index in [1.807, 2.05) is 13.8 Å². The summed E-state index contributed by atoms with van der Waals surface area (Å²) in [6, 6.07) is 8.57. The molecule has 43 heavy (non-hydrogen) atoms. The predicted molar refractivity (Wildman–Crippen MR) is 154 cm³/mol. The van der Waals surface area contributed by atoms with Crippen molar-refractivity contribution in [3.63, 3.8) is 0 Å². The van der Waals surface area contributed by atoms with E-state index < -0.39 is 76.8 Å². The van der Waals surface area contributed by atoms with Crippen molar-refractivity contribution >= 4 is 11.9 Å². The highest BCUT2D eigenvalue weighted by Crippen LogP contribution is 2.64. The lowest BCUT2D eigenvalue weighted by atomic mass is 9.49. The van der Waals surface area contributed by atoms with Crippen LogP contribution in [-0.4, -0.2) is 83.4 Å². The third-order valence-electron chi connectivity index (χ3n) is 10.1. The summed E-state index contributed by atoms with van der Waals surface area (Å²) in [6.07, 6.45) is -5.54. The molecule has 2 aliphatic heterocycles. The predicted octanol–water partition coefficient (Wildman–Crippen LogP) is 4.29. The van der Waals surface area contributed by atoms with Crippen LogP contribution in [0.3, 0.4) is 0 Å². The quantitative estimate of drug-likeness (QED) is 0.362. The highest BCUT2D eigenvalue weighted by Gasteiger charge is 2.75. The lowest BCUT2D eigenvalue weighted by molar-refractivity contribution is -0.342. The first-order chi connectivity index (χ1) is 20.1. The molecule has 1 aromatic rings. The van der Waals surface area contributed by atoms with Crippen LogP contribution >= 0.6 is 0 Å². The molecule has 4 fully saturated rings. The molecule has 238 valence electrons. The molecule has 0 spiro atoms. The molecule has 5 rings (SSSR count). The highest BCUT2D eigenvalue weighted by atomic mass is 19.1. The maximum atomic E-state index is 16.9. The van der Waals surface area contributed by atoms with E-state index in [0.29, 0.717) is 16.7 Å². The van der Waals surface area contributed by atoms with Crippen LogP contribution in [0.25, 0.3) is 0 Å². The van der Waals surface area contributed by atoms with Gasteiger partial charge in [-0.1, -0.05) is 39.0 Å². The number of alkyl halides is 1. The van der Waals surface area contributed by atoms with Crippen molar-refractivity contribution < 1.29 is 47.9 Å². The fraction of sp³-hybridized carbons (Fsp3) is 0.697. The number of carbonyl (C=O) groups excluding carboxylic acids is 2. The lowest BCUT2D eigenvalue weighted by Gasteiger charge is -2.65. The molecular weight excluding hydrogens is 559 g/mol. The number of fused-ring (bicyclic) bond motifs is 5. The zero-order valence-electron chi connectivity index (χ0n) is 26.1. The first-order valence-corrected chi connectivity index (χ1v) is 15.1. The molecule has 2 N–H and O–H groups in total. The number of ether oxygens (including phenoxy) is 5. The van der Waals surface area contributed by atoms with Crippen LogP contribution in [0.15, 0.2) is 41.5 Å². The van der Waals surface area contributed by atoms with Gasteiger partial charge in [0.1, 0.15) is 24.5 Å². The van der Waals surface area contributed by atoms with Crippen LogP contribution in [0.5, 0.6) is 0 Å². The molecule has 2 heterocycles. The summed E-state index contributed by atoms with van der Waals surface area (Å²) in [6.45, 7) is 12.1. The molecule has 0 radical (unpaired) electrons. The second-order valence-electron chi connectivity index (χ2n) is 13.9. The van der Waals surface area contributed by atoms with E-state index in [4.69, 9.17) is 23.7 Å². The van der Waals surface area contributed by atoms with E-state index in [9.17, 15) is 19.8 Å². The van der Waals surface area contributed by atoms with Crippen molar-refractivity contribution in [2.24, 2.45) is 16.7 Å². The second-order valence-corrected chi connectivity index (χ2v) is 13.9. The number of halogens is 1. The zero-order chi connectivity index (χ0) is 31.5. The van der Waals surface area contributed by atoms with Gasteiger partial charge in [-0.2, -0.15) is 0 Å². The normalized spacial score (nSPS) is 39.5. The third-order valence-corrected chi connectivity index (χ3v) is 10.1. The molecule has 4 aliphatic rings. The number of esters is 2. The Balaban J connectivity index is 1.75. The number of hydrogen-bond acceptors (Lipinski definition) is 9. The summed E-state index contributed by atoms with van der Waals surface area (Å²) in [7, 11) is 0. The van der Waals surface area contributed by atoms with Gasteiger partial charge >= 0.3 is 11.9 Å². The maximum Gasteiger partial charge on any atom is 0.338 e. The Hall–Kier alpha value is -2.37. The van der Waals surface area contributed by atoms with Crippen molar-refractivity contribution in [3.8, 4) is 0 Å². The minimum Gasteiger partial charge on any atom is -0.458 e. The van der Waals surface area contributed by atoms with Gasteiger partial charge in [0.25, 0.3) is 0 Å². The summed E-state index contributed by atoms with van der Waals surface area (Å²) in [4.78, 5) is 26.3. The van der Waals surface area contributed by atoms with Crippen molar-refractivity contribution in [1.29, 1.82) is 0 Å². The van der Waals surface area contributed by atoms with E-state index >= 15 is 4.39 Å². The molecule has 2 saturated heterocycles. The Labute approximate surface area is 252 Å². The molecule has 0 bridgehead atoms. The molecule has 2 aliphatic carbocycles. The van der Waals surface area contributed by atoms with Crippen LogP contribution < -0.4 is 0 Å². The number of benzene rings is 1. The zero-order valence-corrected chi connectivity index (χ0v) is 26.1. The van der Waals surface area contributed by atoms with Gasteiger partial charge < -0.3 is 33.9 Å². The lowest BCUT2D eigenvalue weighted by Crippen LogP contribution is -2.78. The van der Waals surface area contributed by atoms with Crippen LogP contribution in [0, 0.1) is 16.7 Å². The molecule has 9 nitrogen and oxygen atoms in total. The van der Waals surface area contributed by atoms with Crippen molar-refractivity contribution in [2.75, 3.05) is 13.2 Å². The molecule has 1 aromatic carbocycles. The topological polar surface area (TPSA) is 121 Å². The minimum absolute atomic E-state index is 0.0304. The maximum absolute atomic E-state index is 16.9. The summed E-state index contributed by atoms with van der Waals surface area (Å²) < 4.78 is 48.3. The first kappa shape index (κ1) is 32.0. The molecule has 0 unspecified atom stereocenters. The van der Waals surface area contributed by atoms with Gasteiger partial charge in [-0.3, -0.25) is 4.79 Å². The first-order valence-electron chi connectivity index (χ1n) is 15.1. The fourth-order valence-corrected chi connectivity index (χ4v) is 8.29. The summed E-state index contributed by atoms with van der Waals surface area (Å²) in [5.74, 6) is -3.09. The highest BCUT2D eigenvalue weighted by molar-refractivity contribution is 5.89. The molecule has 10 heteroatoms. The van der Waals surface area contributed by atoms with Crippen molar-refractivity contribution in [1.82, 2.24) is 0 Å². The van der Waals surface area contributed by atoms with Gasteiger partial charge in [0, 0.05) is 31.8 Å². The Bertz CT molecular complexity index is 1260. The standard InChI is InChI=1S/C33H45FO9/c1-18(21(37)13-14-35)25-26-28(43-31(5,6)42-26)32(7)23(34)15-24-33(17-39-24,41-19(2)36)27(32)22(16-30(25,3)4)40-29(38)20-11-9-8-10-12-20/h8-12,21-24,26-28,35,37H,13-17H2,1-7H3/t21-,22+,23+,24+,26+,27-,28+,32+,33-/m0/s1. The van der Waals surface area contributed by atoms with Crippen LogP contribution in [0.2, 0.25) is 0 Å². The van der Waals surface area contributed by atoms with Crippen LogP contribution in [-0.2, 0) is 28.5 Å². The SMILES string of the molecule is CC(=O)O[C@@]12CO[C@@H]1C[C@@H](F)[C@@]1(C)[C@@H]3OC(C)(C)O[C@@H]3C(=C(C)[C@@H](O)CCO)C(C)(C)C[C@@H](OC(=O)c3ccccc3)[C@H]21. The Morgan fingerprint density at radius 2 is 1.77 bits per heavy atom. The Morgan fingerprint density at radius 3 is 2.35 bits per heavy atom. The van der Waals surface area contributed by atoms with Gasteiger partial charge in [-0.25, -0.2) is 9.18 Å². The molecular formula is C33H45FO9. The third kappa shape index (κ3) is 5.33. The van der Waals surface area contributed by atoms with E-state index in [2.05, 4.69) is 0 Å². The van der Waals surface area contributed by atoms with Crippen molar-refractivity contribution in [3.05, 3.63) is 47.0 Å². The average molecular weight is 605 g/mol. The second kappa shape index (κ2) is 11.2. The summed E-state index contributed by atoms with van der Waals surface area (Å²) in [5, 5.41) is 20.7. The van der Waals surface area contributed by atoms with Gasteiger partial charge in [-0.05, 0) is 55.9 Å². The molecule has 0 aromatic heterocycles. The Morgan fingerprint density at radius 1 is 1.09 bits per heavy atom. The number of carbonyl (C=O) groups is 2. The van der Waals surface area contributed by atoms with E-state index in [1.54, 1.807) is 58.0 Å². The van der Waals surface area contributed by atoms with E-state index in [1.165, 1.54) is 6.92 Å². The molecule has 0 amide bonds. The number of hydrogen-bond donors (Lipinski definition) is 2. The summed E-state index contributed by atoms with van der Waals surface area (Å²) in [5.41, 5.74) is -1.77. The fourth-order valence-electron chi connectivity index (χ4n) is 8.29. The van der Waals surface area contributed by atoms with Gasteiger partial charge in [-0.15, -0.1) is 0 Å². The monoisotopic (exact) mass is 604 g/mol. The van der Waals surface area contributed by atoms with Gasteiger partial charge in [0.05, 0.1) is 30.3 Å². The van der Waals surface area contributed by atoms with Gasteiger partial charge in [0.15, 0.2) is 11.4 Å². The van der Waals surface area contributed by atoms with E-state index in [0.717, 1.165) is 0 Å². The smallest absolute Gasteiger partial charge is 0.338 e. The number of aliphatic hydroxyl groups excluding tert-OH is 2. The summed E-state index contributed by atoms with van der Waals surface area (Å²) >= 11 is 0. The Kier molecular flexibility index (Phi) is 8.35. The molecule has 9 atom stereocenters. The largest absolute Gasteiger partial charge is 0.458 e. The number of aliphatic hydroxyl groups is 2. The molecule has 2 saturated carbocycles. The number of rotatable bonds is 6. The van der Waals surface area contributed by atoms with Crippen LogP contribution in [0.4, 0.5) is 4.39 Å². The minimum atomic E-state index is -1.50. The average Bonchev–Trinajstić information content (AvgIpc) is 3.23. The van der Waals surface area contributed by atoms with E-state index in [-0.39, 0.29) is 32.5 Å².